The summed E-state index contributed by atoms with van der Waals surface area (Å²) in [4.78, 5) is 26.1. The maximum Gasteiger partial charge on any atom is 0.336 e. The van der Waals surface area contributed by atoms with Gasteiger partial charge in [-0.25, -0.2) is 4.79 Å². The van der Waals surface area contributed by atoms with E-state index in [2.05, 4.69) is 26.1 Å². The fourth-order valence-electron chi connectivity index (χ4n) is 4.86. The van der Waals surface area contributed by atoms with Crippen molar-refractivity contribution in [1.29, 1.82) is 0 Å². The number of ether oxygens (including phenoxy) is 1. The highest BCUT2D eigenvalue weighted by Gasteiger charge is 2.40. The lowest BCUT2D eigenvalue weighted by atomic mass is 9.86. The van der Waals surface area contributed by atoms with Crippen LogP contribution in [-0.4, -0.2) is 23.7 Å². The van der Waals surface area contributed by atoms with Crippen molar-refractivity contribution in [3.8, 4) is 0 Å². The van der Waals surface area contributed by atoms with Crippen molar-refractivity contribution in [1.82, 2.24) is 5.32 Å². The second-order valence-electron chi connectivity index (χ2n) is 10.4. The highest BCUT2D eigenvalue weighted by molar-refractivity contribution is 8.04. The van der Waals surface area contributed by atoms with Crippen LogP contribution in [0.2, 0.25) is 0 Å². The molecule has 0 spiro atoms. The van der Waals surface area contributed by atoms with Crippen LogP contribution in [0.1, 0.15) is 108 Å². The van der Waals surface area contributed by atoms with Gasteiger partial charge in [0.2, 0.25) is 0 Å². The van der Waals surface area contributed by atoms with Crippen LogP contribution in [0.4, 0.5) is 0 Å². The van der Waals surface area contributed by atoms with Gasteiger partial charge in [0.1, 0.15) is 0 Å². The van der Waals surface area contributed by atoms with Crippen LogP contribution in [-0.2, 0) is 14.9 Å². The molecule has 0 radical (unpaired) electrons. The van der Waals surface area contributed by atoms with Gasteiger partial charge in [0.05, 0.1) is 17.2 Å². The summed E-state index contributed by atoms with van der Waals surface area (Å²) >= 11 is 1.68. The Labute approximate surface area is 204 Å². The van der Waals surface area contributed by atoms with Gasteiger partial charge in [-0.2, -0.15) is 0 Å². The molecular formula is C28H41NO3S. The first-order chi connectivity index (χ1) is 15.8. The number of benzene rings is 1. The number of nitrogens with one attached hydrogen (secondary N) is 1. The van der Waals surface area contributed by atoms with Crippen LogP contribution in [0.5, 0.6) is 0 Å². The Morgan fingerprint density at radius 3 is 2.09 bits per heavy atom. The molecule has 1 fully saturated rings. The quantitative estimate of drug-likeness (QED) is 0.474. The van der Waals surface area contributed by atoms with Crippen molar-refractivity contribution in [2.45, 2.75) is 103 Å². The summed E-state index contributed by atoms with van der Waals surface area (Å²) in [6.45, 7) is 8.67. The summed E-state index contributed by atoms with van der Waals surface area (Å²) in [7, 11) is 0. The number of thioether (sulfide) groups is 1. The van der Waals surface area contributed by atoms with Gasteiger partial charge >= 0.3 is 5.97 Å². The molecule has 182 valence electrons. The van der Waals surface area contributed by atoms with E-state index >= 15 is 0 Å². The van der Waals surface area contributed by atoms with Crippen LogP contribution < -0.4 is 5.32 Å². The molecule has 1 aliphatic carbocycles. The molecule has 33 heavy (non-hydrogen) atoms. The maximum absolute atomic E-state index is 13.1. The molecule has 5 heteroatoms. The van der Waals surface area contributed by atoms with Crippen LogP contribution in [0, 0.1) is 5.92 Å². The first kappa shape index (κ1) is 25.9. The molecule has 1 aromatic rings. The van der Waals surface area contributed by atoms with Gasteiger partial charge in [0, 0.05) is 16.7 Å². The Bertz CT molecular complexity index is 838. The fourth-order valence-corrected chi connectivity index (χ4v) is 6.40. The number of carbonyl (C=O) groups excluding carboxylic acids is 2. The summed E-state index contributed by atoms with van der Waals surface area (Å²) in [6, 6.07) is 7.80. The second-order valence-corrected chi connectivity index (χ2v) is 11.7. The first-order valence-corrected chi connectivity index (χ1v) is 13.7. The molecule has 1 aliphatic heterocycles. The number of rotatable bonds is 4. The lowest BCUT2D eigenvalue weighted by Crippen LogP contribution is -2.25. The minimum Gasteiger partial charge on any atom is -0.463 e. The Morgan fingerprint density at radius 1 is 0.939 bits per heavy atom. The van der Waals surface area contributed by atoms with Gasteiger partial charge in [0.15, 0.2) is 0 Å². The van der Waals surface area contributed by atoms with E-state index in [0.29, 0.717) is 28.0 Å². The van der Waals surface area contributed by atoms with E-state index < -0.39 is 0 Å². The molecule has 0 saturated heterocycles. The number of hydrogen-bond donors (Lipinski definition) is 1. The largest absolute Gasteiger partial charge is 0.463 e. The lowest BCUT2D eigenvalue weighted by molar-refractivity contribution is -0.139. The molecule has 2 unspecified atom stereocenters. The molecular weight excluding hydrogens is 430 g/mol. The molecule has 1 amide bonds. The number of fused-ring (bicyclic) bond motifs is 1. The highest BCUT2D eigenvalue weighted by atomic mass is 32.2. The summed E-state index contributed by atoms with van der Waals surface area (Å²) in [5.41, 5.74) is 2.55. The zero-order valence-corrected chi connectivity index (χ0v) is 21.7. The molecule has 0 bridgehead atoms. The predicted octanol–water partition coefficient (Wildman–Crippen LogP) is 7.13. The number of hydrogen-bond acceptors (Lipinski definition) is 4. The van der Waals surface area contributed by atoms with Crippen molar-refractivity contribution in [2.75, 3.05) is 6.61 Å². The minimum atomic E-state index is -0.261. The highest BCUT2D eigenvalue weighted by Crippen LogP contribution is 2.46. The average molecular weight is 472 g/mol. The van der Waals surface area contributed by atoms with Gasteiger partial charge in [-0.1, -0.05) is 84.3 Å². The van der Waals surface area contributed by atoms with E-state index in [0.717, 1.165) is 19.3 Å². The molecule has 1 N–H and O–H groups in total. The Hall–Kier alpha value is -1.75. The Kier molecular flexibility index (Phi) is 9.48. The summed E-state index contributed by atoms with van der Waals surface area (Å²) in [5, 5.41) is 4.15. The fraction of sp³-hybridized carbons (Fsp3) is 0.643. The second kappa shape index (κ2) is 12.1. The zero-order valence-electron chi connectivity index (χ0n) is 20.9. The molecule has 1 heterocycles. The Morgan fingerprint density at radius 2 is 1.52 bits per heavy atom. The normalized spacial score (nSPS) is 22.7. The molecule has 0 aromatic heterocycles. The van der Waals surface area contributed by atoms with Crippen molar-refractivity contribution in [2.24, 2.45) is 5.92 Å². The predicted molar refractivity (Wildman–Crippen MR) is 137 cm³/mol. The standard InChI is InChI=1S/C28H41NO3S/c1-5-32-27(31)24-22-14-12-10-8-6-7-9-11-13-15-23(22)33-26(24)29-25(30)20-16-18-21(19-17-20)28(2,3)4/h16-19,22-23H,5-15H2,1-4H3,(H,29,30). The van der Waals surface area contributed by atoms with E-state index in [1.807, 2.05) is 31.2 Å². The van der Waals surface area contributed by atoms with Gasteiger partial charge in [-0.3, -0.25) is 4.79 Å². The van der Waals surface area contributed by atoms with Crippen molar-refractivity contribution < 1.29 is 14.3 Å². The third kappa shape index (κ3) is 7.11. The third-order valence-electron chi connectivity index (χ3n) is 6.82. The van der Waals surface area contributed by atoms with E-state index in [4.69, 9.17) is 4.74 Å². The van der Waals surface area contributed by atoms with Crippen LogP contribution >= 0.6 is 11.8 Å². The van der Waals surface area contributed by atoms with Crippen LogP contribution in [0.3, 0.4) is 0 Å². The zero-order chi connectivity index (χ0) is 23.8. The summed E-state index contributed by atoms with van der Waals surface area (Å²) < 4.78 is 5.46. The minimum absolute atomic E-state index is 0.0395. The van der Waals surface area contributed by atoms with Crippen LogP contribution in [0.15, 0.2) is 34.9 Å². The summed E-state index contributed by atoms with van der Waals surface area (Å²) in [6.07, 6.45) is 12.1. The SMILES string of the molecule is CCOC(=O)C1=C(NC(=O)c2ccc(C(C)(C)C)cc2)SC2CCCCCCCCCCC12. The average Bonchev–Trinajstić information content (AvgIpc) is 3.10. The topological polar surface area (TPSA) is 55.4 Å². The van der Waals surface area contributed by atoms with Crippen LogP contribution in [0.25, 0.3) is 0 Å². The van der Waals surface area contributed by atoms with Gasteiger partial charge in [-0.05, 0) is 42.9 Å². The van der Waals surface area contributed by atoms with Crippen molar-refractivity contribution in [3.05, 3.63) is 46.0 Å². The number of carbonyl (C=O) groups is 2. The lowest BCUT2D eigenvalue weighted by Gasteiger charge is -2.21. The Balaban J connectivity index is 1.82. The first-order valence-electron chi connectivity index (χ1n) is 12.8. The third-order valence-corrected chi connectivity index (χ3v) is 8.25. The van der Waals surface area contributed by atoms with E-state index in [1.165, 1.54) is 50.5 Å². The van der Waals surface area contributed by atoms with E-state index in [-0.39, 0.29) is 23.2 Å². The molecule has 1 saturated carbocycles. The van der Waals surface area contributed by atoms with E-state index in [1.54, 1.807) is 11.8 Å². The van der Waals surface area contributed by atoms with Gasteiger partial charge in [0.25, 0.3) is 5.91 Å². The van der Waals surface area contributed by atoms with Crippen molar-refractivity contribution in [3.63, 3.8) is 0 Å². The van der Waals surface area contributed by atoms with Gasteiger partial charge in [-0.15, -0.1) is 11.8 Å². The molecule has 2 atom stereocenters. The molecule has 3 rings (SSSR count). The van der Waals surface area contributed by atoms with E-state index in [9.17, 15) is 9.59 Å². The molecule has 4 nitrogen and oxygen atoms in total. The monoisotopic (exact) mass is 471 g/mol. The smallest absolute Gasteiger partial charge is 0.336 e. The number of amides is 1. The number of esters is 1. The molecule has 1 aromatic carbocycles. The van der Waals surface area contributed by atoms with Crippen molar-refractivity contribution >= 4 is 23.6 Å². The summed E-state index contributed by atoms with van der Waals surface area (Å²) in [5.74, 6) is -0.257. The van der Waals surface area contributed by atoms with Gasteiger partial charge < -0.3 is 10.1 Å². The maximum atomic E-state index is 13.1. The molecule has 2 aliphatic rings.